The lowest BCUT2D eigenvalue weighted by Gasteiger charge is -2.19. The van der Waals surface area contributed by atoms with E-state index in [-0.39, 0.29) is 60.1 Å². The van der Waals surface area contributed by atoms with Crippen molar-refractivity contribution in [3.63, 3.8) is 0 Å². The largest absolute Gasteiger partial charge is 0.426 e. The Morgan fingerprint density at radius 3 is 2.37 bits per heavy atom. The van der Waals surface area contributed by atoms with Crippen molar-refractivity contribution >= 4 is 46.7 Å². The van der Waals surface area contributed by atoms with Crippen LogP contribution < -0.4 is 14.5 Å². The number of benzene rings is 2. The summed E-state index contributed by atoms with van der Waals surface area (Å²) in [6, 6.07) is 11.8. The number of fused-ring (bicyclic) bond motifs is 5. The summed E-state index contributed by atoms with van der Waals surface area (Å²) in [6.45, 7) is 2.07. The summed E-state index contributed by atoms with van der Waals surface area (Å²) < 4.78 is 5.59. The lowest BCUT2D eigenvalue weighted by Crippen LogP contribution is -2.32. The van der Waals surface area contributed by atoms with Crippen molar-refractivity contribution in [2.45, 2.75) is 19.8 Å². The van der Waals surface area contributed by atoms with Crippen molar-refractivity contribution in [1.29, 1.82) is 0 Å². The summed E-state index contributed by atoms with van der Waals surface area (Å²) in [7, 11) is 0. The van der Waals surface area contributed by atoms with Crippen molar-refractivity contribution in [2.24, 2.45) is 29.6 Å². The van der Waals surface area contributed by atoms with Crippen molar-refractivity contribution in [2.75, 3.05) is 16.3 Å². The highest BCUT2D eigenvalue weighted by molar-refractivity contribution is 6.31. The van der Waals surface area contributed by atoms with E-state index in [4.69, 9.17) is 16.3 Å². The average molecular weight is 491 g/mol. The number of amides is 3. The average Bonchev–Trinajstić information content (AvgIpc) is 3.59. The molecule has 2 saturated heterocycles. The third kappa shape index (κ3) is 3.48. The first kappa shape index (κ1) is 22.0. The maximum atomic E-state index is 13.1. The number of anilines is 2. The lowest BCUT2D eigenvalue weighted by atomic mass is 9.85. The minimum absolute atomic E-state index is 0.0340. The molecule has 2 heterocycles. The van der Waals surface area contributed by atoms with Gasteiger partial charge in [-0.3, -0.25) is 19.2 Å². The number of esters is 1. The molecule has 0 aromatic heterocycles. The standard InChI is InChI=1S/C27H23ClN2O5/c1-14-5-8-18(12-21(14)28)29-13-17(10-22(29)31)27(34)35-20-4-2-3-19(11-20)30-25(32)23-15-6-7-16(9-15)24(23)26(30)33/h2-8,11-12,15-17,23-24H,9-10,13H2,1H3/t15-,16-,17-,23-,24+/m0/s1. The Hall–Kier alpha value is -3.45. The number of rotatable bonds is 4. The van der Waals surface area contributed by atoms with Crippen LogP contribution in [0, 0.1) is 36.5 Å². The number of aryl methyl sites for hydroxylation is 1. The van der Waals surface area contributed by atoms with Crippen LogP contribution >= 0.6 is 11.6 Å². The number of allylic oxidation sites excluding steroid dienone is 2. The number of nitrogens with zero attached hydrogens (tertiary/aromatic N) is 2. The van der Waals surface area contributed by atoms with E-state index in [0.29, 0.717) is 16.4 Å². The van der Waals surface area contributed by atoms with E-state index >= 15 is 0 Å². The molecule has 6 rings (SSSR count). The van der Waals surface area contributed by atoms with Gasteiger partial charge in [-0.2, -0.15) is 0 Å². The van der Waals surface area contributed by atoms with Gasteiger partial charge in [0.25, 0.3) is 0 Å². The molecule has 2 aromatic carbocycles. The summed E-state index contributed by atoms with van der Waals surface area (Å²) in [5, 5.41) is 0.553. The van der Waals surface area contributed by atoms with Gasteiger partial charge in [0.1, 0.15) is 5.75 Å². The van der Waals surface area contributed by atoms with Crippen LogP contribution in [0.4, 0.5) is 11.4 Å². The number of halogens is 1. The monoisotopic (exact) mass is 490 g/mol. The van der Waals surface area contributed by atoms with E-state index in [1.54, 1.807) is 36.4 Å². The number of hydrogen-bond acceptors (Lipinski definition) is 5. The Morgan fingerprint density at radius 1 is 0.971 bits per heavy atom. The molecule has 2 aliphatic heterocycles. The number of carbonyl (C=O) groups is 4. The zero-order valence-corrected chi connectivity index (χ0v) is 19.8. The van der Waals surface area contributed by atoms with Gasteiger partial charge in [0, 0.05) is 29.7 Å². The molecule has 0 unspecified atom stereocenters. The summed E-state index contributed by atoms with van der Waals surface area (Å²) in [6.07, 6.45) is 5.00. The molecule has 0 N–H and O–H groups in total. The second-order valence-electron chi connectivity index (χ2n) is 9.77. The molecule has 0 spiro atoms. The molecule has 178 valence electrons. The Bertz CT molecular complexity index is 1290. The third-order valence-corrected chi connectivity index (χ3v) is 8.10. The van der Waals surface area contributed by atoms with E-state index in [1.807, 2.05) is 13.0 Å². The minimum atomic E-state index is -0.637. The molecular formula is C27H23ClN2O5. The molecule has 2 bridgehead atoms. The normalized spacial score (nSPS) is 28.9. The van der Waals surface area contributed by atoms with Gasteiger partial charge in [-0.15, -0.1) is 0 Å². The molecule has 7 nitrogen and oxygen atoms in total. The van der Waals surface area contributed by atoms with Crippen LogP contribution in [0.1, 0.15) is 18.4 Å². The van der Waals surface area contributed by atoms with Crippen LogP contribution in [0.2, 0.25) is 5.02 Å². The first-order valence-electron chi connectivity index (χ1n) is 11.8. The van der Waals surface area contributed by atoms with E-state index in [9.17, 15) is 19.2 Å². The highest BCUT2D eigenvalue weighted by Gasteiger charge is 2.59. The van der Waals surface area contributed by atoms with Gasteiger partial charge in [0.15, 0.2) is 0 Å². The maximum absolute atomic E-state index is 13.1. The fraction of sp³-hybridized carbons (Fsp3) is 0.333. The first-order valence-corrected chi connectivity index (χ1v) is 12.1. The summed E-state index contributed by atoms with van der Waals surface area (Å²) in [5.41, 5.74) is 1.95. The molecule has 5 atom stereocenters. The second-order valence-corrected chi connectivity index (χ2v) is 10.2. The first-order chi connectivity index (χ1) is 16.8. The van der Waals surface area contributed by atoms with Gasteiger partial charge in [-0.05, 0) is 55.0 Å². The van der Waals surface area contributed by atoms with Crippen LogP contribution in [-0.4, -0.2) is 30.2 Å². The second kappa shape index (κ2) is 8.05. The van der Waals surface area contributed by atoms with Gasteiger partial charge in [-0.1, -0.05) is 35.9 Å². The molecule has 3 amide bonds. The summed E-state index contributed by atoms with van der Waals surface area (Å²) in [4.78, 5) is 54.4. The quantitative estimate of drug-likeness (QED) is 0.281. The molecule has 0 radical (unpaired) electrons. The zero-order valence-electron chi connectivity index (χ0n) is 19.0. The maximum Gasteiger partial charge on any atom is 0.316 e. The fourth-order valence-electron chi connectivity index (χ4n) is 5.91. The van der Waals surface area contributed by atoms with Gasteiger partial charge < -0.3 is 9.64 Å². The number of carbonyl (C=O) groups excluding carboxylic acids is 4. The predicted molar refractivity (Wildman–Crippen MR) is 129 cm³/mol. The Labute approximate surface area is 207 Å². The third-order valence-electron chi connectivity index (χ3n) is 7.69. The number of ether oxygens (including phenoxy) is 1. The van der Waals surface area contributed by atoms with E-state index in [2.05, 4.69) is 12.2 Å². The van der Waals surface area contributed by atoms with E-state index in [0.717, 1.165) is 12.0 Å². The lowest BCUT2D eigenvalue weighted by molar-refractivity contribution is -0.139. The van der Waals surface area contributed by atoms with Crippen LogP contribution in [0.5, 0.6) is 5.75 Å². The van der Waals surface area contributed by atoms with Crippen LogP contribution in [0.3, 0.4) is 0 Å². The van der Waals surface area contributed by atoms with E-state index in [1.165, 1.54) is 9.80 Å². The van der Waals surface area contributed by atoms with Gasteiger partial charge in [-0.25, -0.2) is 4.90 Å². The van der Waals surface area contributed by atoms with Crippen LogP contribution in [-0.2, 0) is 19.2 Å². The van der Waals surface area contributed by atoms with Crippen LogP contribution in [0.25, 0.3) is 0 Å². The SMILES string of the molecule is Cc1ccc(N2C[C@@H](C(=O)Oc3cccc(N4C(=O)[C@@H]5[C@H](C4=O)[C@H]4C=C[C@H]5C4)c3)CC2=O)cc1Cl. The van der Waals surface area contributed by atoms with Crippen molar-refractivity contribution in [1.82, 2.24) is 0 Å². The molecular weight excluding hydrogens is 468 g/mol. The Morgan fingerprint density at radius 2 is 1.69 bits per heavy atom. The molecule has 35 heavy (non-hydrogen) atoms. The van der Waals surface area contributed by atoms with Crippen molar-refractivity contribution < 1.29 is 23.9 Å². The molecule has 3 fully saturated rings. The van der Waals surface area contributed by atoms with Crippen LogP contribution in [0.15, 0.2) is 54.6 Å². The Kier molecular flexibility index (Phi) is 5.07. The van der Waals surface area contributed by atoms with E-state index < -0.39 is 11.9 Å². The van der Waals surface area contributed by atoms with Gasteiger partial charge in [0.2, 0.25) is 17.7 Å². The topological polar surface area (TPSA) is 84.0 Å². The summed E-state index contributed by atoms with van der Waals surface area (Å²) in [5.74, 6) is -1.83. The molecule has 2 aliphatic carbocycles. The van der Waals surface area contributed by atoms with Gasteiger partial charge in [0.05, 0.1) is 23.4 Å². The van der Waals surface area contributed by atoms with Crippen molar-refractivity contribution in [3.05, 3.63) is 65.2 Å². The highest BCUT2D eigenvalue weighted by Crippen LogP contribution is 2.53. The predicted octanol–water partition coefficient (Wildman–Crippen LogP) is 3.92. The number of hydrogen-bond donors (Lipinski definition) is 0. The molecule has 8 heteroatoms. The fourth-order valence-corrected chi connectivity index (χ4v) is 6.08. The Balaban J connectivity index is 1.17. The smallest absolute Gasteiger partial charge is 0.316 e. The molecule has 1 saturated carbocycles. The summed E-state index contributed by atoms with van der Waals surface area (Å²) >= 11 is 6.20. The van der Waals surface area contributed by atoms with Crippen molar-refractivity contribution in [3.8, 4) is 5.75 Å². The molecule has 2 aromatic rings. The number of imide groups is 1. The minimum Gasteiger partial charge on any atom is -0.426 e. The molecule has 4 aliphatic rings. The zero-order chi connectivity index (χ0) is 24.4. The van der Waals surface area contributed by atoms with Gasteiger partial charge >= 0.3 is 5.97 Å². The highest BCUT2D eigenvalue weighted by atomic mass is 35.5.